The second-order valence-corrected chi connectivity index (χ2v) is 5.13. The quantitative estimate of drug-likeness (QED) is 0.627. The molecule has 1 heterocycles. The van der Waals surface area contributed by atoms with Gasteiger partial charge in [-0.15, -0.1) is 0 Å². The first-order valence-electron chi connectivity index (χ1n) is 7.41. The van der Waals surface area contributed by atoms with Crippen molar-refractivity contribution in [2.75, 3.05) is 18.6 Å². The van der Waals surface area contributed by atoms with Crippen LogP contribution in [0, 0.1) is 0 Å². The van der Waals surface area contributed by atoms with Crippen LogP contribution in [0.1, 0.15) is 18.5 Å². The summed E-state index contributed by atoms with van der Waals surface area (Å²) in [6, 6.07) is 17.4. The fraction of sp³-hybridized carbons (Fsp3) is 0.278. The van der Waals surface area contributed by atoms with Crippen LogP contribution in [-0.2, 0) is 9.53 Å². The summed E-state index contributed by atoms with van der Waals surface area (Å²) in [6.07, 6.45) is 0. The van der Waals surface area contributed by atoms with Gasteiger partial charge in [-0.3, -0.25) is 0 Å². The summed E-state index contributed by atoms with van der Waals surface area (Å²) in [4.78, 5) is 14.3. The predicted octanol–water partition coefficient (Wildman–Crippen LogP) is 3.19. The first kappa shape index (κ1) is 14.4. The third-order valence-electron chi connectivity index (χ3n) is 3.84. The SMILES string of the molecule is CCOC(=O)[C@H]1[C@@H](c2ccccc2)N1c1ccccc1OC. The summed E-state index contributed by atoms with van der Waals surface area (Å²) >= 11 is 0. The number of nitrogens with zero attached hydrogens (tertiary/aromatic N) is 1. The van der Waals surface area contributed by atoms with Crippen LogP contribution in [0.3, 0.4) is 0 Å². The van der Waals surface area contributed by atoms with Crippen LogP contribution in [0.5, 0.6) is 5.75 Å². The Labute approximate surface area is 130 Å². The van der Waals surface area contributed by atoms with Crippen molar-refractivity contribution < 1.29 is 14.3 Å². The lowest BCUT2D eigenvalue weighted by Gasteiger charge is -2.11. The van der Waals surface area contributed by atoms with Crippen molar-refractivity contribution in [1.29, 1.82) is 0 Å². The van der Waals surface area contributed by atoms with Gasteiger partial charge in [-0.25, -0.2) is 4.79 Å². The highest BCUT2D eigenvalue weighted by Gasteiger charge is 2.55. The lowest BCUT2D eigenvalue weighted by molar-refractivity contribution is -0.142. The fourth-order valence-electron chi connectivity index (χ4n) is 2.84. The number of carbonyl (C=O) groups excluding carboxylic acids is 1. The Morgan fingerprint density at radius 2 is 1.77 bits per heavy atom. The van der Waals surface area contributed by atoms with Gasteiger partial charge in [-0.1, -0.05) is 42.5 Å². The molecule has 0 radical (unpaired) electrons. The number of methoxy groups -OCH3 is 1. The molecule has 0 unspecified atom stereocenters. The summed E-state index contributed by atoms with van der Waals surface area (Å²) in [5, 5.41) is 0. The molecule has 1 saturated heterocycles. The molecule has 0 aliphatic carbocycles. The van der Waals surface area contributed by atoms with E-state index >= 15 is 0 Å². The van der Waals surface area contributed by atoms with E-state index in [9.17, 15) is 4.79 Å². The van der Waals surface area contributed by atoms with E-state index in [0.29, 0.717) is 6.61 Å². The van der Waals surface area contributed by atoms with Crippen LogP contribution >= 0.6 is 0 Å². The van der Waals surface area contributed by atoms with Crippen molar-refractivity contribution in [3.05, 3.63) is 60.2 Å². The van der Waals surface area contributed by atoms with Crippen molar-refractivity contribution in [3.8, 4) is 5.75 Å². The molecule has 1 aliphatic heterocycles. The Kier molecular flexibility index (Phi) is 4.00. The zero-order valence-electron chi connectivity index (χ0n) is 12.7. The Bertz CT molecular complexity index is 656. The van der Waals surface area contributed by atoms with Gasteiger partial charge in [-0.2, -0.15) is 0 Å². The number of benzene rings is 2. The van der Waals surface area contributed by atoms with Crippen molar-refractivity contribution in [1.82, 2.24) is 0 Å². The normalized spacial score (nSPS) is 19.6. The van der Waals surface area contributed by atoms with E-state index in [1.807, 2.05) is 66.4 Å². The van der Waals surface area contributed by atoms with E-state index in [1.165, 1.54) is 0 Å². The van der Waals surface area contributed by atoms with E-state index in [2.05, 4.69) is 0 Å². The maximum Gasteiger partial charge on any atom is 0.331 e. The molecule has 1 aliphatic rings. The summed E-state index contributed by atoms with van der Waals surface area (Å²) < 4.78 is 10.6. The molecule has 0 spiro atoms. The number of hydrogen-bond donors (Lipinski definition) is 0. The predicted molar refractivity (Wildman–Crippen MR) is 85.1 cm³/mol. The number of hydrogen-bond acceptors (Lipinski definition) is 4. The monoisotopic (exact) mass is 297 g/mol. The first-order valence-corrected chi connectivity index (χ1v) is 7.41. The second kappa shape index (κ2) is 6.10. The summed E-state index contributed by atoms with van der Waals surface area (Å²) in [6.45, 7) is 2.21. The number of esters is 1. The summed E-state index contributed by atoms with van der Waals surface area (Å²) in [5.74, 6) is 0.567. The number of rotatable bonds is 5. The zero-order chi connectivity index (χ0) is 15.5. The number of ether oxygens (including phenoxy) is 2. The van der Waals surface area contributed by atoms with Crippen molar-refractivity contribution in [3.63, 3.8) is 0 Å². The minimum absolute atomic E-state index is 0.00319. The minimum Gasteiger partial charge on any atom is -0.495 e. The lowest BCUT2D eigenvalue weighted by Crippen LogP contribution is -2.16. The smallest absolute Gasteiger partial charge is 0.331 e. The second-order valence-electron chi connectivity index (χ2n) is 5.13. The highest BCUT2D eigenvalue weighted by molar-refractivity contribution is 5.90. The maximum atomic E-state index is 12.3. The largest absolute Gasteiger partial charge is 0.495 e. The van der Waals surface area contributed by atoms with Gasteiger partial charge in [0.15, 0.2) is 6.04 Å². The Balaban J connectivity index is 1.95. The fourth-order valence-corrected chi connectivity index (χ4v) is 2.84. The molecular formula is C18H19NO3. The summed E-state index contributed by atoms with van der Waals surface area (Å²) in [5.41, 5.74) is 2.02. The maximum absolute atomic E-state index is 12.3. The molecule has 4 nitrogen and oxygen atoms in total. The van der Waals surface area contributed by atoms with Crippen LogP contribution < -0.4 is 9.64 Å². The molecule has 3 rings (SSSR count). The van der Waals surface area contributed by atoms with Crippen LogP contribution in [0.25, 0.3) is 0 Å². The summed E-state index contributed by atoms with van der Waals surface area (Å²) in [7, 11) is 1.64. The molecule has 2 atom stereocenters. The van der Waals surface area contributed by atoms with Gasteiger partial charge in [0.05, 0.1) is 25.4 Å². The van der Waals surface area contributed by atoms with E-state index in [1.54, 1.807) is 7.11 Å². The lowest BCUT2D eigenvalue weighted by atomic mass is 10.1. The van der Waals surface area contributed by atoms with Crippen molar-refractivity contribution >= 4 is 11.7 Å². The number of anilines is 1. The van der Waals surface area contributed by atoms with Gasteiger partial charge < -0.3 is 14.4 Å². The highest BCUT2D eigenvalue weighted by Crippen LogP contribution is 2.50. The Morgan fingerprint density at radius 3 is 2.45 bits per heavy atom. The number of para-hydroxylation sites is 2. The van der Waals surface area contributed by atoms with Gasteiger partial charge in [0.1, 0.15) is 5.75 Å². The third-order valence-corrected chi connectivity index (χ3v) is 3.84. The van der Waals surface area contributed by atoms with E-state index in [-0.39, 0.29) is 18.1 Å². The highest BCUT2D eigenvalue weighted by atomic mass is 16.5. The average Bonchev–Trinajstić information content (AvgIpc) is 3.31. The average molecular weight is 297 g/mol. The Morgan fingerprint density at radius 1 is 1.09 bits per heavy atom. The molecule has 4 heteroatoms. The van der Waals surface area contributed by atoms with Gasteiger partial charge in [0, 0.05) is 0 Å². The number of carbonyl (C=O) groups is 1. The molecule has 114 valence electrons. The topological polar surface area (TPSA) is 38.5 Å². The molecule has 0 amide bonds. The minimum atomic E-state index is -0.293. The molecule has 1 fully saturated rings. The molecule has 2 aromatic carbocycles. The molecule has 22 heavy (non-hydrogen) atoms. The van der Waals surface area contributed by atoms with Crippen LogP contribution in [0.2, 0.25) is 0 Å². The molecule has 2 aromatic rings. The van der Waals surface area contributed by atoms with E-state index < -0.39 is 0 Å². The Hall–Kier alpha value is -2.49. The standard InChI is InChI=1S/C18H19NO3/c1-3-22-18(20)17-16(13-9-5-4-6-10-13)19(17)14-11-7-8-12-15(14)21-2/h4-12,16-17H,3H2,1-2H3/t16-,17-,19?/m1/s1. The van der Waals surface area contributed by atoms with Crippen LogP contribution in [-0.4, -0.2) is 25.7 Å². The van der Waals surface area contributed by atoms with Gasteiger partial charge >= 0.3 is 5.97 Å². The molecule has 0 aromatic heterocycles. The first-order chi connectivity index (χ1) is 10.8. The van der Waals surface area contributed by atoms with Gasteiger partial charge in [0.25, 0.3) is 0 Å². The van der Waals surface area contributed by atoms with Crippen LogP contribution in [0.4, 0.5) is 5.69 Å². The molecule has 0 bridgehead atoms. The van der Waals surface area contributed by atoms with E-state index in [4.69, 9.17) is 9.47 Å². The molecule has 0 N–H and O–H groups in total. The molecular weight excluding hydrogens is 278 g/mol. The van der Waals surface area contributed by atoms with Crippen molar-refractivity contribution in [2.45, 2.75) is 19.0 Å². The van der Waals surface area contributed by atoms with Gasteiger partial charge in [0.2, 0.25) is 0 Å². The molecule has 0 saturated carbocycles. The van der Waals surface area contributed by atoms with Crippen molar-refractivity contribution in [2.24, 2.45) is 0 Å². The van der Waals surface area contributed by atoms with Gasteiger partial charge in [-0.05, 0) is 24.6 Å². The van der Waals surface area contributed by atoms with E-state index in [0.717, 1.165) is 17.0 Å². The third kappa shape index (κ3) is 2.52. The zero-order valence-corrected chi connectivity index (χ0v) is 12.7. The van der Waals surface area contributed by atoms with Crippen LogP contribution in [0.15, 0.2) is 54.6 Å².